The van der Waals surface area contributed by atoms with E-state index in [1.165, 1.54) is 12.0 Å². The molecule has 150 valence electrons. The highest BCUT2D eigenvalue weighted by Crippen LogP contribution is 2.34. The molecule has 0 radical (unpaired) electrons. The Bertz CT molecular complexity index is 753. The molecule has 0 aliphatic carbocycles. The number of esters is 1. The molecule has 3 N–H and O–H groups in total. The molecule has 0 unspecified atom stereocenters. The summed E-state index contributed by atoms with van der Waals surface area (Å²) in [6.07, 6.45) is -0.717. The molecule has 0 aliphatic heterocycles. The van der Waals surface area contributed by atoms with Gasteiger partial charge in [-0.25, -0.2) is 15.0 Å². The first kappa shape index (κ1) is 22.6. The lowest BCUT2D eigenvalue weighted by molar-refractivity contribution is 0.0512. The van der Waals surface area contributed by atoms with Gasteiger partial charge in [0.1, 0.15) is 10.6 Å². The fraction of sp³-hybridized carbons (Fsp3) is 0.500. The van der Waals surface area contributed by atoms with Crippen molar-refractivity contribution in [3.8, 4) is 0 Å². The highest BCUT2D eigenvalue weighted by Gasteiger charge is 2.26. The highest BCUT2D eigenvalue weighted by molar-refractivity contribution is 7.80. The molecule has 1 aromatic rings. The molecule has 0 saturated carbocycles. The Morgan fingerprint density at radius 3 is 2.22 bits per heavy atom. The second-order valence-electron chi connectivity index (χ2n) is 6.66. The lowest BCUT2D eigenvalue weighted by atomic mass is 10.1. The van der Waals surface area contributed by atoms with Gasteiger partial charge in [-0.15, -0.1) is 11.3 Å². The molecule has 1 aromatic heterocycles. The third-order valence-electron chi connectivity index (χ3n) is 3.04. The maximum absolute atomic E-state index is 12.3. The molecule has 0 saturated heterocycles. The standard InChI is InChI=1S/C16H24N4O5S2/c1-8-9(13(22)24-7)11(27-10(8)12(21)20(5)6)17-14(26)18-19-15(23)25-16(2,3)4/h1-7H3,(H,19,23)(H2,17,18,26). The predicted molar refractivity (Wildman–Crippen MR) is 107 cm³/mol. The van der Waals surface area contributed by atoms with Crippen molar-refractivity contribution >= 4 is 51.6 Å². The maximum atomic E-state index is 12.3. The number of thiocarbonyl (C=S) groups is 1. The highest BCUT2D eigenvalue weighted by atomic mass is 32.1. The fourth-order valence-corrected chi connectivity index (χ4v) is 3.34. The first-order valence-electron chi connectivity index (χ1n) is 7.86. The van der Waals surface area contributed by atoms with Crippen molar-refractivity contribution in [1.29, 1.82) is 0 Å². The normalized spacial score (nSPS) is 10.6. The van der Waals surface area contributed by atoms with Gasteiger partial charge in [0.15, 0.2) is 5.11 Å². The Hall–Kier alpha value is -2.40. The van der Waals surface area contributed by atoms with Crippen molar-refractivity contribution in [2.24, 2.45) is 0 Å². The molecule has 1 rings (SSSR count). The van der Waals surface area contributed by atoms with Gasteiger partial charge in [0.25, 0.3) is 5.91 Å². The molecule has 0 spiro atoms. The second-order valence-corrected chi connectivity index (χ2v) is 8.09. The van der Waals surface area contributed by atoms with Crippen molar-refractivity contribution in [3.05, 3.63) is 16.0 Å². The van der Waals surface area contributed by atoms with Crippen LogP contribution in [0.15, 0.2) is 0 Å². The summed E-state index contributed by atoms with van der Waals surface area (Å²) in [6.45, 7) is 6.83. The number of rotatable bonds is 3. The van der Waals surface area contributed by atoms with Crippen molar-refractivity contribution in [3.63, 3.8) is 0 Å². The average Bonchev–Trinajstić information content (AvgIpc) is 2.86. The first-order valence-corrected chi connectivity index (χ1v) is 9.09. The minimum atomic E-state index is -0.717. The van der Waals surface area contributed by atoms with E-state index in [1.54, 1.807) is 41.8 Å². The molecule has 2 amide bonds. The number of nitrogens with zero attached hydrogens (tertiary/aromatic N) is 1. The third-order valence-corrected chi connectivity index (χ3v) is 4.44. The number of methoxy groups -OCH3 is 1. The molecule has 11 heteroatoms. The zero-order chi connectivity index (χ0) is 20.9. The summed E-state index contributed by atoms with van der Waals surface area (Å²) in [6, 6.07) is 0. The summed E-state index contributed by atoms with van der Waals surface area (Å²) in [7, 11) is 4.48. The topological polar surface area (TPSA) is 109 Å². The van der Waals surface area contributed by atoms with Crippen LogP contribution in [0.2, 0.25) is 0 Å². The van der Waals surface area contributed by atoms with Crippen molar-refractivity contribution < 1.29 is 23.9 Å². The van der Waals surface area contributed by atoms with E-state index in [2.05, 4.69) is 16.2 Å². The number of hydrogen-bond acceptors (Lipinski definition) is 7. The number of carbonyl (C=O) groups excluding carboxylic acids is 3. The summed E-state index contributed by atoms with van der Waals surface area (Å²) < 4.78 is 9.87. The van der Waals surface area contributed by atoms with Crippen molar-refractivity contribution in [1.82, 2.24) is 15.8 Å². The number of nitrogens with one attached hydrogen (secondary N) is 3. The summed E-state index contributed by atoms with van der Waals surface area (Å²) in [4.78, 5) is 37.9. The predicted octanol–water partition coefficient (Wildman–Crippen LogP) is 2.27. The Balaban J connectivity index is 2.97. The van der Waals surface area contributed by atoms with Crippen LogP contribution >= 0.6 is 23.6 Å². The molecule has 0 aromatic carbocycles. The van der Waals surface area contributed by atoms with E-state index < -0.39 is 17.7 Å². The quantitative estimate of drug-likeness (QED) is 0.391. The molecule has 0 aliphatic rings. The lowest BCUT2D eigenvalue weighted by Crippen LogP contribution is -2.45. The van der Waals surface area contributed by atoms with Crippen LogP contribution in [0, 0.1) is 6.92 Å². The number of anilines is 1. The summed E-state index contributed by atoms with van der Waals surface area (Å²) in [5.74, 6) is -0.853. The van der Waals surface area contributed by atoms with Gasteiger partial charge in [0.2, 0.25) is 0 Å². The Labute approximate surface area is 167 Å². The van der Waals surface area contributed by atoms with Gasteiger partial charge in [-0.2, -0.15) is 0 Å². The van der Waals surface area contributed by atoms with Crippen molar-refractivity contribution in [2.45, 2.75) is 33.3 Å². The number of ether oxygens (including phenoxy) is 2. The van der Waals surface area contributed by atoms with Crippen LogP contribution in [-0.2, 0) is 9.47 Å². The zero-order valence-electron chi connectivity index (χ0n) is 16.3. The average molecular weight is 417 g/mol. The maximum Gasteiger partial charge on any atom is 0.426 e. The van der Waals surface area contributed by atoms with E-state index in [1.807, 2.05) is 0 Å². The van der Waals surface area contributed by atoms with E-state index in [0.29, 0.717) is 15.4 Å². The number of hydrogen-bond donors (Lipinski definition) is 3. The van der Waals surface area contributed by atoms with Crippen LogP contribution in [0.5, 0.6) is 0 Å². The molecule has 0 fully saturated rings. The minimum absolute atomic E-state index is 0.0103. The van der Waals surface area contributed by atoms with Crippen LogP contribution in [0.3, 0.4) is 0 Å². The number of carbonyl (C=O) groups is 3. The number of amides is 2. The van der Waals surface area contributed by atoms with Gasteiger partial charge in [-0.3, -0.25) is 10.2 Å². The monoisotopic (exact) mass is 416 g/mol. The third kappa shape index (κ3) is 6.36. The van der Waals surface area contributed by atoms with Crippen LogP contribution in [-0.4, -0.2) is 54.8 Å². The van der Waals surface area contributed by atoms with E-state index in [-0.39, 0.29) is 16.6 Å². The summed E-state index contributed by atoms with van der Waals surface area (Å²) >= 11 is 6.18. The molecule has 27 heavy (non-hydrogen) atoms. The number of thiophene rings is 1. The molecule has 9 nitrogen and oxygen atoms in total. The van der Waals surface area contributed by atoms with Gasteiger partial charge in [0, 0.05) is 14.1 Å². The first-order chi connectivity index (χ1) is 12.4. The molecule has 1 heterocycles. The van der Waals surface area contributed by atoms with E-state index in [9.17, 15) is 14.4 Å². The Morgan fingerprint density at radius 1 is 1.15 bits per heavy atom. The van der Waals surface area contributed by atoms with Crippen LogP contribution in [0.4, 0.5) is 9.80 Å². The smallest absolute Gasteiger partial charge is 0.426 e. The molecule has 0 atom stereocenters. The minimum Gasteiger partial charge on any atom is -0.465 e. The summed E-state index contributed by atoms with van der Waals surface area (Å²) in [5.41, 5.74) is 4.78. The largest absolute Gasteiger partial charge is 0.465 e. The fourth-order valence-electron chi connectivity index (χ4n) is 1.90. The lowest BCUT2D eigenvalue weighted by Gasteiger charge is -2.20. The van der Waals surface area contributed by atoms with Gasteiger partial charge in [-0.05, 0) is 45.5 Å². The Morgan fingerprint density at radius 2 is 1.74 bits per heavy atom. The molecular formula is C16H24N4O5S2. The van der Waals surface area contributed by atoms with E-state index >= 15 is 0 Å². The second kappa shape index (κ2) is 9.00. The van der Waals surface area contributed by atoms with E-state index in [0.717, 1.165) is 11.3 Å². The van der Waals surface area contributed by atoms with Gasteiger partial charge in [-0.1, -0.05) is 0 Å². The SMILES string of the molecule is COC(=O)c1c(NC(=S)NNC(=O)OC(C)(C)C)sc(C(=O)N(C)C)c1C. The van der Waals surface area contributed by atoms with Crippen molar-refractivity contribution in [2.75, 3.05) is 26.5 Å². The van der Waals surface area contributed by atoms with Gasteiger partial charge in [0.05, 0.1) is 17.6 Å². The van der Waals surface area contributed by atoms with Crippen LogP contribution in [0.1, 0.15) is 46.4 Å². The Kier molecular flexibility index (Phi) is 7.55. The molecular weight excluding hydrogens is 392 g/mol. The van der Waals surface area contributed by atoms with Crippen LogP contribution < -0.4 is 16.2 Å². The van der Waals surface area contributed by atoms with E-state index in [4.69, 9.17) is 21.7 Å². The molecule has 0 bridgehead atoms. The van der Waals surface area contributed by atoms with Crippen LogP contribution in [0.25, 0.3) is 0 Å². The summed E-state index contributed by atoms with van der Waals surface area (Å²) in [5, 5.41) is 3.13. The number of hydrazine groups is 1. The van der Waals surface area contributed by atoms with Gasteiger partial charge < -0.3 is 19.7 Å². The van der Waals surface area contributed by atoms with Gasteiger partial charge >= 0.3 is 12.1 Å². The zero-order valence-corrected chi connectivity index (χ0v) is 17.9.